The molecule has 31 heavy (non-hydrogen) atoms. The van der Waals surface area contributed by atoms with Gasteiger partial charge in [-0.2, -0.15) is 5.26 Å². The first kappa shape index (κ1) is 22.3. The van der Waals surface area contributed by atoms with E-state index in [1.807, 2.05) is 6.07 Å². The molecule has 0 saturated carbocycles. The number of hydrogen-bond donors (Lipinski definition) is 3. The minimum Gasteiger partial charge on any atom is -0.489 e. The van der Waals surface area contributed by atoms with Crippen LogP contribution in [-0.2, 0) is 11.3 Å². The fraction of sp³-hybridized carbons (Fsp3) is 0.263. The molecule has 1 aliphatic rings. The number of hydrogen-bond acceptors (Lipinski definition) is 7. The Kier molecular flexibility index (Phi) is 6.01. The van der Waals surface area contributed by atoms with Gasteiger partial charge in [-0.3, -0.25) is 0 Å². The minimum atomic E-state index is -4.82. The first-order valence-electron chi connectivity index (χ1n) is 8.88. The number of nitrogens with one attached hydrogen (secondary N) is 1. The van der Waals surface area contributed by atoms with Gasteiger partial charge < -0.3 is 29.6 Å². The number of halogens is 3. The number of aromatic carboxylic acids is 1. The SMILES string of the molecule is CC(C#N)(COc1ccc2c(c1C(=O)O)B(O)OC2)Nc1ccc(OC(F)(F)F)cc1. The van der Waals surface area contributed by atoms with E-state index in [0.717, 1.165) is 12.1 Å². The van der Waals surface area contributed by atoms with E-state index in [-0.39, 0.29) is 30.0 Å². The second-order valence-corrected chi connectivity index (χ2v) is 6.91. The fourth-order valence-corrected chi connectivity index (χ4v) is 3.02. The number of nitriles is 1. The van der Waals surface area contributed by atoms with Gasteiger partial charge in [-0.15, -0.1) is 13.2 Å². The van der Waals surface area contributed by atoms with E-state index >= 15 is 0 Å². The molecule has 3 N–H and O–H groups in total. The molecule has 0 amide bonds. The summed E-state index contributed by atoms with van der Waals surface area (Å²) in [6.45, 7) is 1.22. The zero-order chi connectivity index (χ0) is 22.8. The predicted molar refractivity (Wildman–Crippen MR) is 102 cm³/mol. The Balaban J connectivity index is 1.75. The van der Waals surface area contributed by atoms with Crippen molar-refractivity contribution in [2.45, 2.75) is 25.4 Å². The maximum absolute atomic E-state index is 12.3. The molecule has 8 nitrogen and oxygen atoms in total. The molecule has 0 fully saturated rings. The van der Waals surface area contributed by atoms with Gasteiger partial charge in [0.05, 0.1) is 12.7 Å². The highest BCUT2D eigenvalue weighted by Crippen LogP contribution is 2.27. The van der Waals surface area contributed by atoms with Gasteiger partial charge in [0, 0.05) is 11.2 Å². The molecule has 1 unspecified atom stereocenters. The molecule has 0 radical (unpaired) electrons. The molecule has 3 rings (SSSR count). The molecule has 0 aliphatic carbocycles. The number of anilines is 1. The zero-order valence-electron chi connectivity index (χ0n) is 16.1. The van der Waals surface area contributed by atoms with Crippen LogP contribution >= 0.6 is 0 Å². The largest absolute Gasteiger partial charge is 0.573 e. The quantitative estimate of drug-likeness (QED) is 0.566. The lowest BCUT2D eigenvalue weighted by atomic mass is 9.76. The van der Waals surface area contributed by atoms with Crippen LogP contribution in [0.2, 0.25) is 0 Å². The maximum atomic E-state index is 12.3. The Morgan fingerprint density at radius 3 is 2.55 bits per heavy atom. The Hall–Kier alpha value is -3.43. The number of carboxylic acid groups (broad SMARTS) is 1. The molecule has 1 aliphatic heterocycles. The molecule has 162 valence electrons. The minimum absolute atomic E-state index is 0.0581. The number of nitrogens with zero attached hydrogens (tertiary/aromatic N) is 1. The summed E-state index contributed by atoms with van der Waals surface area (Å²) in [5.41, 5.74) is -0.706. The Morgan fingerprint density at radius 1 is 1.29 bits per heavy atom. The number of carboxylic acids is 1. The van der Waals surface area contributed by atoms with Crippen LogP contribution in [0.3, 0.4) is 0 Å². The van der Waals surface area contributed by atoms with E-state index in [2.05, 4.69) is 10.1 Å². The lowest BCUT2D eigenvalue weighted by Crippen LogP contribution is -2.40. The molecular weight excluding hydrogens is 420 g/mol. The number of benzene rings is 2. The van der Waals surface area contributed by atoms with Crippen molar-refractivity contribution in [3.05, 3.63) is 47.5 Å². The lowest BCUT2D eigenvalue weighted by Gasteiger charge is -2.25. The third kappa shape index (κ3) is 5.20. The van der Waals surface area contributed by atoms with Crippen LogP contribution in [0.1, 0.15) is 22.8 Å². The molecule has 1 heterocycles. The van der Waals surface area contributed by atoms with Gasteiger partial charge in [-0.25, -0.2) is 4.79 Å². The molecule has 12 heteroatoms. The normalized spacial score (nSPS) is 14.9. The summed E-state index contributed by atoms with van der Waals surface area (Å²) < 4.78 is 51.2. The molecule has 2 aromatic rings. The van der Waals surface area contributed by atoms with Crippen molar-refractivity contribution in [2.24, 2.45) is 0 Å². The Labute approximate surface area is 174 Å². The van der Waals surface area contributed by atoms with Crippen LogP contribution < -0.4 is 20.3 Å². The zero-order valence-corrected chi connectivity index (χ0v) is 16.1. The summed E-state index contributed by atoms with van der Waals surface area (Å²) in [4.78, 5) is 11.7. The average molecular weight is 436 g/mol. The number of ether oxygens (including phenoxy) is 2. The average Bonchev–Trinajstić information content (AvgIpc) is 3.07. The fourth-order valence-electron chi connectivity index (χ4n) is 3.02. The van der Waals surface area contributed by atoms with Gasteiger partial charge in [-0.05, 0) is 42.8 Å². The van der Waals surface area contributed by atoms with E-state index in [9.17, 15) is 33.4 Å². The summed E-state index contributed by atoms with van der Waals surface area (Å²) in [5, 5.41) is 31.9. The second-order valence-electron chi connectivity index (χ2n) is 6.91. The smallest absolute Gasteiger partial charge is 0.489 e. The molecular formula is C19H16BF3N2O6. The van der Waals surface area contributed by atoms with Crippen molar-refractivity contribution >= 4 is 24.2 Å². The van der Waals surface area contributed by atoms with Crippen LogP contribution in [-0.4, -0.2) is 41.7 Å². The summed E-state index contributed by atoms with van der Waals surface area (Å²) in [5.74, 6) is -1.81. The summed E-state index contributed by atoms with van der Waals surface area (Å²) >= 11 is 0. The highest BCUT2D eigenvalue weighted by Gasteiger charge is 2.35. The number of rotatable bonds is 7. The van der Waals surface area contributed by atoms with Gasteiger partial charge in [0.2, 0.25) is 0 Å². The Bertz CT molecular complexity index is 1030. The monoisotopic (exact) mass is 436 g/mol. The molecule has 0 aromatic heterocycles. The van der Waals surface area contributed by atoms with E-state index in [1.54, 1.807) is 6.07 Å². The van der Waals surface area contributed by atoms with Crippen LogP contribution in [0.4, 0.5) is 18.9 Å². The maximum Gasteiger partial charge on any atom is 0.573 e. The lowest BCUT2D eigenvalue weighted by molar-refractivity contribution is -0.274. The molecule has 2 aromatic carbocycles. The molecule has 1 atom stereocenters. The van der Waals surface area contributed by atoms with Crippen molar-refractivity contribution in [1.29, 1.82) is 5.26 Å². The summed E-state index contributed by atoms with van der Waals surface area (Å²) in [7, 11) is -1.40. The van der Waals surface area contributed by atoms with Gasteiger partial charge in [0.15, 0.2) is 5.54 Å². The van der Waals surface area contributed by atoms with Gasteiger partial charge in [0.1, 0.15) is 23.7 Å². The van der Waals surface area contributed by atoms with Gasteiger partial charge >= 0.3 is 19.5 Å². The van der Waals surface area contributed by atoms with Crippen LogP contribution in [0.5, 0.6) is 11.5 Å². The number of alkyl halides is 3. The van der Waals surface area contributed by atoms with E-state index in [1.165, 1.54) is 25.1 Å². The highest BCUT2D eigenvalue weighted by atomic mass is 19.4. The molecule has 0 bridgehead atoms. The van der Waals surface area contributed by atoms with Crippen LogP contribution in [0, 0.1) is 11.3 Å². The van der Waals surface area contributed by atoms with Crippen LogP contribution in [0.15, 0.2) is 36.4 Å². The van der Waals surface area contributed by atoms with Crippen molar-refractivity contribution in [1.82, 2.24) is 0 Å². The van der Waals surface area contributed by atoms with Crippen molar-refractivity contribution < 1.29 is 42.2 Å². The third-order valence-electron chi connectivity index (χ3n) is 4.43. The predicted octanol–water partition coefficient (Wildman–Crippen LogP) is 2.27. The standard InChI is InChI=1S/C19H16BF3N2O6/c1-18(9-24,25-12-3-5-13(6-4-12)31-19(21,22)23)10-29-14-7-2-11-8-30-20(28)16(11)15(14)17(26)27/h2-7,25,28H,8,10H2,1H3,(H,26,27). The topological polar surface area (TPSA) is 121 Å². The van der Waals surface area contributed by atoms with Crippen LogP contribution in [0.25, 0.3) is 0 Å². The highest BCUT2D eigenvalue weighted by molar-refractivity contribution is 6.63. The van der Waals surface area contributed by atoms with Gasteiger partial charge in [0.25, 0.3) is 0 Å². The van der Waals surface area contributed by atoms with E-state index in [4.69, 9.17) is 9.39 Å². The number of fused-ring (bicyclic) bond motifs is 1. The third-order valence-corrected chi connectivity index (χ3v) is 4.43. The first-order chi connectivity index (χ1) is 14.5. The van der Waals surface area contributed by atoms with Crippen molar-refractivity contribution in [3.8, 4) is 17.6 Å². The number of carbonyl (C=O) groups is 1. The summed E-state index contributed by atoms with van der Waals surface area (Å²) in [6.07, 6.45) is -4.82. The van der Waals surface area contributed by atoms with Crippen molar-refractivity contribution in [3.63, 3.8) is 0 Å². The first-order valence-corrected chi connectivity index (χ1v) is 8.88. The molecule has 0 saturated heterocycles. The Morgan fingerprint density at radius 2 is 1.97 bits per heavy atom. The van der Waals surface area contributed by atoms with E-state index < -0.39 is 30.7 Å². The summed E-state index contributed by atoms with van der Waals surface area (Å²) in [6, 6.07) is 9.71. The van der Waals surface area contributed by atoms with E-state index in [0.29, 0.717) is 11.3 Å². The van der Waals surface area contributed by atoms with Gasteiger partial charge in [-0.1, -0.05) is 6.07 Å². The molecule has 0 spiro atoms. The van der Waals surface area contributed by atoms with Crippen molar-refractivity contribution in [2.75, 3.05) is 11.9 Å². The second kappa shape index (κ2) is 8.37.